The van der Waals surface area contributed by atoms with Crippen molar-refractivity contribution in [3.8, 4) is 0 Å². The van der Waals surface area contributed by atoms with Crippen LogP contribution >= 0.6 is 11.3 Å². The molecule has 0 atom stereocenters. The second-order valence-corrected chi connectivity index (χ2v) is 7.45. The van der Waals surface area contributed by atoms with Crippen molar-refractivity contribution in [1.29, 1.82) is 0 Å². The van der Waals surface area contributed by atoms with Gasteiger partial charge >= 0.3 is 0 Å². The first kappa shape index (κ1) is 16.7. The second-order valence-electron chi connectivity index (χ2n) is 6.50. The Morgan fingerprint density at radius 3 is 2.46 bits per heavy atom. The van der Waals surface area contributed by atoms with Gasteiger partial charge in [-0.15, -0.1) is 11.3 Å². The zero-order chi connectivity index (χ0) is 17.0. The van der Waals surface area contributed by atoms with E-state index in [-0.39, 0.29) is 11.8 Å². The molecule has 4 nitrogen and oxygen atoms in total. The molecule has 1 aliphatic rings. The van der Waals surface area contributed by atoms with Gasteiger partial charge in [-0.05, 0) is 29.9 Å². The summed E-state index contributed by atoms with van der Waals surface area (Å²) in [5.41, 5.74) is 0.695. The normalized spacial score (nSPS) is 16.6. The molecule has 1 fully saturated rings. The molecule has 2 amide bonds. The van der Waals surface area contributed by atoms with Crippen LogP contribution in [0.4, 0.5) is 0 Å². The van der Waals surface area contributed by atoms with Gasteiger partial charge in [-0.2, -0.15) is 0 Å². The topological polar surface area (TPSA) is 49.4 Å². The molecule has 1 saturated heterocycles. The molecule has 0 spiro atoms. The minimum absolute atomic E-state index is 0.0783. The van der Waals surface area contributed by atoms with Crippen LogP contribution in [0.1, 0.15) is 35.0 Å². The minimum atomic E-state index is -0.402. The summed E-state index contributed by atoms with van der Waals surface area (Å²) in [6, 6.07) is 13.7. The van der Waals surface area contributed by atoms with Crippen LogP contribution < -0.4 is 5.32 Å². The molecule has 0 bridgehead atoms. The number of carbonyl (C=O) groups is 2. The SMILES string of the molecule is CC1(C(=O)NCc2ccccc2)CCN(C(=O)c2cccs2)CC1. The highest BCUT2D eigenvalue weighted by atomic mass is 32.1. The summed E-state index contributed by atoms with van der Waals surface area (Å²) >= 11 is 1.47. The van der Waals surface area contributed by atoms with Crippen LogP contribution in [-0.4, -0.2) is 29.8 Å². The molecule has 0 radical (unpaired) electrons. The van der Waals surface area contributed by atoms with Crippen molar-refractivity contribution in [1.82, 2.24) is 10.2 Å². The lowest BCUT2D eigenvalue weighted by atomic mass is 9.79. The van der Waals surface area contributed by atoms with Crippen molar-refractivity contribution in [3.63, 3.8) is 0 Å². The smallest absolute Gasteiger partial charge is 0.263 e. The van der Waals surface area contributed by atoms with Crippen molar-refractivity contribution in [2.24, 2.45) is 5.41 Å². The van der Waals surface area contributed by atoms with E-state index in [1.807, 2.05) is 59.7 Å². The predicted molar refractivity (Wildman–Crippen MR) is 95.9 cm³/mol. The monoisotopic (exact) mass is 342 g/mol. The number of nitrogens with one attached hydrogen (secondary N) is 1. The van der Waals surface area contributed by atoms with E-state index in [0.717, 1.165) is 10.4 Å². The quantitative estimate of drug-likeness (QED) is 0.927. The van der Waals surface area contributed by atoms with Gasteiger partial charge in [0, 0.05) is 25.0 Å². The highest BCUT2D eigenvalue weighted by Gasteiger charge is 2.38. The molecule has 1 aromatic carbocycles. The number of benzene rings is 1. The van der Waals surface area contributed by atoms with Gasteiger partial charge in [0.15, 0.2) is 0 Å². The number of amides is 2. The summed E-state index contributed by atoms with van der Waals surface area (Å²) < 4.78 is 0. The number of likely N-dealkylation sites (tertiary alicyclic amines) is 1. The van der Waals surface area contributed by atoms with Gasteiger partial charge in [-0.3, -0.25) is 9.59 Å². The summed E-state index contributed by atoms with van der Waals surface area (Å²) in [4.78, 5) is 27.6. The lowest BCUT2D eigenvalue weighted by Crippen LogP contribution is -2.48. The molecule has 1 aromatic heterocycles. The van der Waals surface area contributed by atoms with Crippen LogP contribution in [0.2, 0.25) is 0 Å². The molecular weight excluding hydrogens is 320 g/mol. The molecule has 0 aliphatic carbocycles. The van der Waals surface area contributed by atoms with Crippen LogP contribution in [0.25, 0.3) is 0 Å². The maximum atomic E-state index is 12.6. The Morgan fingerprint density at radius 2 is 1.83 bits per heavy atom. The van der Waals surface area contributed by atoms with Gasteiger partial charge in [-0.1, -0.05) is 43.3 Å². The number of rotatable bonds is 4. The standard InChI is InChI=1S/C19H22N2O2S/c1-19(18(23)20-14-15-6-3-2-4-7-15)9-11-21(12-10-19)17(22)16-8-5-13-24-16/h2-8,13H,9-12,14H2,1H3,(H,20,23). The van der Waals surface area contributed by atoms with Crippen LogP contribution in [0.15, 0.2) is 47.8 Å². The number of nitrogens with zero attached hydrogens (tertiary/aromatic N) is 1. The van der Waals surface area contributed by atoms with E-state index >= 15 is 0 Å². The molecule has 2 heterocycles. The van der Waals surface area contributed by atoms with Crippen LogP contribution in [0.3, 0.4) is 0 Å². The molecule has 0 unspecified atom stereocenters. The Labute approximate surface area is 146 Å². The van der Waals surface area contributed by atoms with Gasteiger partial charge in [0.1, 0.15) is 0 Å². The first-order valence-electron chi connectivity index (χ1n) is 8.23. The molecule has 2 aromatic rings. The molecule has 1 aliphatic heterocycles. The van der Waals surface area contributed by atoms with Gasteiger partial charge in [-0.25, -0.2) is 0 Å². The Morgan fingerprint density at radius 1 is 1.12 bits per heavy atom. The van der Waals surface area contributed by atoms with Gasteiger partial charge in [0.25, 0.3) is 5.91 Å². The molecule has 5 heteroatoms. The Hall–Kier alpha value is -2.14. The van der Waals surface area contributed by atoms with E-state index < -0.39 is 5.41 Å². The van der Waals surface area contributed by atoms with E-state index in [9.17, 15) is 9.59 Å². The van der Waals surface area contributed by atoms with Crippen LogP contribution in [0.5, 0.6) is 0 Å². The molecule has 0 saturated carbocycles. The fourth-order valence-electron chi connectivity index (χ4n) is 2.98. The molecule has 3 rings (SSSR count). The zero-order valence-electron chi connectivity index (χ0n) is 13.8. The summed E-state index contributed by atoms with van der Waals surface area (Å²) in [6.07, 6.45) is 1.40. The number of carbonyl (C=O) groups excluding carboxylic acids is 2. The zero-order valence-corrected chi connectivity index (χ0v) is 14.6. The number of hydrogen-bond acceptors (Lipinski definition) is 3. The second kappa shape index (κ2) is 7.18. The molecule has 1 N–H and O–H groups in total. The third kappa shape index (κ3) is 3.67. The summed E-state index contributed by atoms with van der Waals surface area (Å²) in [6.45, 7) is 3.81. The highest BCUT2D eigenvalue weighted by molar-refractivity contribution is 7.12. The molecule has 126 valence electrons. The van der Waals surface area contributed by atoms with Crippen molar-refractivity contribution in [3.05, 3.63) is 58.3 Å². The fourth-order valence-corrected chi connectivity index (χ4v) is 3.67. The summed E-state index contributed by atoms with van der Waals surface area (Å²) in [5.74, 6) is 0.159. The van der Waals surface area contributed by atoms with Crippen molar-refractivity contribution < 1.29 is 9.59 Å². The third-order valence-electron chi connectivity index (χ3n) is 4.73. The lowest BCUT2D eigenvalue weighted by molar-refractivity contribution is -0.132. The lowest BCUT2D eigenvalue weighted by Gasteiger charge is -2.38. The maximum Gasteiger partial charge on any atom is 0.263 e. The van der Waals surface area contributed by atoms with Gasteiger partial charge < -0.3 is 10.2 Å². The minimum Gasteiger partial charge on any atom is -0.352 e. The van der Waals surface area contributed by atoms with E-state index in [0.29, 0.717) is 32.5 Å². The van der Waals surface area contributed by atoms with Crippen molar-refractivity contribution in [2.75, 3.05) is 13.1 Å². The Kier molecular flexibility index (Phi) is 5.00. The van der Waals surface area contributed by atoms with Crippen molar-refractivity contribution in [2.45, 2.75) is 26.3 Å². The van der Waals surface area contributed by atoms with E-state index in [1.165, 1.54) is 11.3 Å². The molecular formula is C19H22N2O2S. The fraction of sp³-hybridized carbons (Fsp3) is 0.368. The Bertz CT molecular complexity index is 689. The van der Waals surface area contributed by atoms with E-state index in [1.54, 1.807) is 0 Å². The summed E-state index contributed by atoms with van der Waals surface area (Å²) in [5, 5.41) is 4.96. The highest BCUT2D eigenvalue weighted by Crippen LogP contribution is 2.32. The number of thiophene rings is 1. The predicted octanol–water partition coefficient (Wildman–Crippen LogP) is 3.31. The largest absolute Gasteiger partial charge is 0.352 e. The van der Waals surface area contributed by atoms with Gasteiger partial charge in [0.2, 0.25) is 5.91 Å². The number of piperidine rings is 1. The maximum absolute atomic E-state index is 12.6. The average molecular weight is 342 g/mol. The number of hydrogen-bond donors (Lipinski definition) is 1. The average Bonchev–Trinajstić information content (AvgIpc) is 3.15. The van der Waals surface area contributed by atoms with Crippen molar-refractivity contribution >= 4 is 23.2 Å². The van der Waals surface area contributed by atoms with Gasteiger partial charge in [0.05, 0.1) is 4.88 Å². The van der Waals surface area contributed by atoms with Crippen LogP contribution in [-0.2, 0) is 11.3 Å². The Balaban J connectivity index is 1.54. The first-order chi connectivity index (χ1) is 11.6. The van der Waals surface area contributed by atoms with Crippen LogP contribution in [0, 0.1) is 5.41 Å². The first-order valence-corrected chi connectivity index (χ1v) is 9.11. The molecule has 24 heavy (non-hydrogen) atoms. The third-order valence-corrected chi connectivity index (χ3v) is 5.59. The van der Waals surface area contributed by atoms with E-state index in [2.05, 4.69) is 5.32 Å². The van der Waals surface area contributed by atoms with E-state index in [4.69, 9.17) is 0 Å². The summed E-state index contributed by atoms with van der Waals surface area (Å²) in [7, 11) is 0.